The highest BCUT2D eigenvalue weighted by atomic mass is 32.2. The van der Waals surface area contributed by atoms with Crippen molar-refractivity contribution in [2.24, 2.45) is 5.41 Å². The van der Waals surface area contributed by atoms with E-state index in [1.807, 2.05) is 6.07 Å². The first-order valence-electron chi connectivity index (χ1n) is 7.36. The Morgan fingerprint density at radius 2 is 1.75 bits per heavy atom. The van der Waals surface area contributed by atoms with Gasteiger partial charge in [-0.05, 0) is 31.5 Å². The van der Waals surface area contributed by atoms with Gasteiger partial charge in [0.05, 0.1) is 18.6 Å². The van der Waals surface area contributed by atoms with Gasteiger partial charge in [0.25, 0.3) is 10.0 Å². The van der Waals surface area contributed by atoms with Crippen LogP contribution in [0.2, 0.25) is 0 Å². The highest BCUT2D eigenvalue weighted by molar-refractivity contribution is 7.89. The summed E-state index contributed by atoms with van der Waals surface area (Å²) in [6.07, 6.45) is 1.40. The maximum Gasteiger partial charge on any atom is 0.313 e. The summed E-state index contributed by atoms with van der Waals surface area (Å²) in [4.78, 5) is 16.1. The van der Waals surface area contributed by atoms with Crippen LogP contribution in [0.3, 0.4) is 0 Å². The Balaban J connectivity index is 2.47. The van der Waals surface area contributed by atoms with E-state index in [9.17, 15) is 13.2 Å². The van der Waals surface area contributed by atoms with Gasteiger partial charge in [0, 0.05) is 6.20 Å². The number of benzene rings is 1. The summed E-state index contributed by atoms with van der Waals surface area (Å²) >= 11 is 0. The normalized spacial score (nSPS) is 13.3. The quantitative estimate of drug-likeness (QED) is 0.810. The Kier molecular flexibility index (Phi) is 5.36. The van der Waals surface area contributed by atoms with E-state index < -0.39 is 27.4 Å². The van der Waals surface area contributed by atoms with Gasteiger partial charge in [-0.2, -0.15) is 0 Å². The maximum absolute atomic E-state index is 12.6. The molecule has 0 bridgehead atoms. The molecule has 0 spiro atoms. The summed E-state index contributed by atoms with van der Waals surface area (Å²) in [5, 5.41) is -0.105. The molecular weight excluding hydrogens is 328 g/mol. The molecule has 0 aliphatic rings. The van der Waals surface area contributed by atoms with E-state index in [0.717, 1.165) is 0 Å². The fraction of sp³-hybridized carbons (Fsp3) is 0.294. The Morgan fingerprint density at radius 1 is 1.12 bits per heavy atom. The lowest BCUT2D eigenvalue weighted by molar-refractivity contribution is -0.152. The molecule has 0 radical (unpaired) electrons. The molecule has 1 heterocycles. The number of hydrogen-bond donors (Lipinski definition) is 1. The zero-order chi connectivity index (χ0) is 17.8. The standard InChI is InChI=1S/C17H20N2O4S/c1-17(2,16(20)23-3)15(13-9-5-4-6-10-13)19-24(21,22)14-11-7-8-12-18-14/h4-12,15,19H,1-3H3/t15-/m1/s1. The van der Waals surface area contributed by atoms with Gasteiger partial charge in [-0.3, -0.25) is 4.79 Å². The molecule has 0 amide bonds. The minimum atomic E-state index is -3.90. The zero-order valence-corrected chi connectivity index (χ0v) is 14.6. The number of ether oxygens (including phenoxy) is 1. The largest absolute Gasteiger partial charge is 0.469 e. The van der Waals surface area contributed by atoms with Crippen LogP contribution < -0.4 is 4.72 Å². The lowest BCUT2D eigenvalue weighted by atomic mass is 9.81. The van der Waals surface area contributed by atoms with Gasteiger partial charge in [-0.25, -0.2) is 18.1 Å². The molecule has 0 aliphatic heterocycles. The third-order valence-corrected chi connectivity index (χ3v) is 5.09. The van der Waals surface area contributed by atoms with Crippen molar-refractivity contribution in [2.75, 3.05) is 7.11 Å². The van der Waals surface area contributed by atoms with E-state index in [2.05, 4.69) is 9.71 Å². The Labute approximate surface area is 141 Å². The number of hydrogen-bond acceptors (Lipinski definition) is 5. The third kappa shape index (κ3) is 3.80. The summed E-state index contributed by atoms with van der Waals surface area (Å²) in [7, 11) is -2.62. The van der Waals surface area contributed by atoms with Gasteiger partial charge in [0.2, 0.25) is 0 Å². The first kappa shape index (κ1) is 18.1. The highest BCUT2D eigenvalue weighted by Crippen LogP contribution is 2.35. The second-order valence-corrected chi connectivity index (χ2v) is 7.51. The van der Waals surface area contributed by atoms with E-state index in [0.29, 0.717) is 5.56 Å². The monoisotopic (exact) mass is 348 g/mol. The fourth-order valence-electron chi connectivity index (χ4n) is 2.38. The number of rotatable bonds is 6. The van der Waals surface area contributed by atoms with Gasteiger partial charge < -0.3 is 4.74 Å². The highest BCUT2D eigenvalue weighted by Gasteiger charge is 2.41. The van der Waals surface area contributed by atoms with Gasteiger partial charge in [-0.15, -0.1) is 0 Å². The molecule has 0 unspecified atom stereocenters. The zero-order valence-electron chi connectivity index (χ0n) is 13.8. The molecule has 2 aromatic rings. The molecule has 24 heavy (non-hydrogen) atoms. The van der Waals surface area contributed by atoms with E-state index in [4.69, 9.17) is 4.74 Å². The van der Waals surface area contributed by atoms with Crippen LogP contribution in [-0.2, 0) is 19.6 Å². The average Bonchev–Trinajstić information content (AvgIpc) is 2.60. The molecule has 1 atom stereocenters. The van der Waals surface area contributed by atoms with Crippen LogP contribution in [0.5, 0.6) is 0 Å². The van der Waals surface area contributed by atoms with Gasteiger partial charge in [-0.1, -0.05) is 36.4 Å². The first-order chi connectivity index (χ1) is 11.3. The van der Waals surface area contributed by atoms with Gasteiger partial charge >= 0.3 is 5.97 Å². The molecule has 0 saturated carbocycles. The van der Waals surface area contributed by atoms with Crippen molar-refractivity contribution in [2.45, 2.75) is 24.9 Å². The smallest absolute Gasteiger partial charge is 0.313 e. The Bertz CT molecular complexity index is 790. The minimum Gasteiger partial charge on any atom is -0.469 e. The number of esters is 1. The summed E-state index contributed by atoms with van der Waals surface area (Å²) in [6, 6.07) is 12.7. The number of carbonyl (C=O) groups excluding carboxylic acids is 1. The summed E-state index contributed by atoms with van der Waals surface area (Å²) in [5.41, 5.74) is -0.454. The van der Waals surface area contributed by atoms with Crippen molar-refractivity contribution in [1.82, 2.24) is 9.71 Å². The van der Waals surface area contributed by atoms with Crippen LogP contribution in [0, 0.1) is 5.41 Å². The molecule has 128 valence electrons. The number of pyridine rings is 1. The van der Waals surface area contributed by atoms with Crippen LogP contribution in [-0.4, -0.2) is 26.5 Å². The molecule has 0 saturated heterocycles. The summed E-state index contributed by atoms with van der Waals surface area (Å²) < 4.78 is 32.7. The number of sulfonamides is 1. The fourth-order valence-corrected chi connectivity index (χ4v) is 3.70. The molecule has 2 rings (SSSR count). The Morgan fingerprint density at radius 3 is 2.29 bits per heavy atom. The van der Waals surface area contributed by atoms with Crippen molar-refractivity contribution >= 4 is 16.0 Å². The summed E-state index contributed by atoms with van der Waals surface area (Å²) in [6.45, 7) is 3.27. The van der Waals surface area contributed by atoms with Crippen LogP contribution in [0.4, 0.5) is 0 Å². The van der Waals surface area contributed by atoms with Crippen molar-refractivity contribution in [3.05, 3.63) is 60.3 Å². The molecule has 6 nitrogen and oxygen atoms in total. The van der Waals surface area contributed by atoms with Gasteiger partial charge in [0.1, 0.15) is 0 Å². The van der Waals surface area contributed by atoms with Crippen molar-refractivity contribution in [3.63, 3.8) is 0 Å². The van der Waals surface area contributed by atoms with Crippen LogP contribution in [0.15, 0.2) is 59.8 Å². The summed E-state index contributed by atoms with van der Waals surface area (Å²) in [5.74, 6) is -0.514. The predicted octanol–water partition coefficient (Wildman–Crippen LogP) is 2.30. The van der Waals surface area contributed by atoms with Crippen molar-refractivity contribution < 1.29 is 17.9 Å². The van der Waals surface area contributed by atoms with E-state index in [1.54, 1.807) is 50.2 Å². The van der Waals surface area contributed by atoms with Crippen molar-refractivity contribution in [3.8, 4) is 0 Å². The molecular formula is C17H20N2O4S. The third-order valence-electron chi connectivity index (χ3n) is 3.75. The van der Waals surface area contributed by atoms with E-state index in [-0.39, 0.29) is 5.03 Å². The molecule has 1 aromatic heterocycles. The van der Waals surface area contributed by atoms with Gasteiger partial charge in [0.15, 0.2) is 5.03 Å². The first-order valence-corrected chi connectivity index (χ1v) is 8.84. The SMILES string of the molecule is COC(=O)C(C)(C)[C@H](NS(=O)(=O)c1ccccn1)c1ccccc1. The van der Waals surface area contributed by atoms with Crippen LogP contribution in [0.1, 0.15) is 25.5 Å². The predicted molar refractivity (Wildman–Crippen MR) is 89.5 cm³/mol. The number of nitrogens with zero attached hydrogens (tertiary/aromatic N) is 1. The minimum absolute atomic E-state index is 0.105. The lowest BCUT2D eigenvalue weighted by Gasteiger charge is -2.32. The topological polar surface area (TPSA) is 85.4 Å². The molecule has 7 heteroatoms. The van der Waals surface area contributed by atoms with Crippen LogP contribution >= 0.6 is 0 Å². The second kappa shape index (κ2) is 7.11. The number of methoxy groups -OCH3 is 1. The van der Waals surface area contributed by atoms with Crippen molar-refractivity contribution in [1.29, 1.82) is 0 Å². The molecule has 0 aliphatic carbocycles. The number of aromatic nitrogens is 1. The second-order valence-electron chi connectivity index (χ2n) is 5.85. The number of carbonyl (C=O) groups is 1. The van der Waals surface area contributed by atoms with Crippen LogP contribution in [0.25, 0.3) is 0 Å². The average molecular weight is 348 g/mol. The Hall–Kier alpha value is -2.25. The molecule has 1 N–H and O–H groups in total. The molecule has 1 aromatic carbocycles. The lowest BCUT2D eigenvalue weighted by Crippen LogP contribution is -2.43. The maximum atomic E-state index is 12.6. The van der Waals surface area contributed by atoms with E-state index >= 15 is 0 Å². The molecule has 0 fully saturated rings. The number of nitrogens with one attached hydrogen (secondary N) is 1. The van der Waals surface area contributed by atoms with E-state index in [1.165, 1.54) is 19.4 Å².